The van der Waals surface area contributed by atoms with Crippen LogP contribution in [0.5, 0.6) is 0 Å². The van der Waals surface area contributed by atoms with E-state index >= 15 is 0 Å². The van der Waals surface area contributed by atoms with Crippen LogP contribution in [0.3, 0.4) is 0 Å². The van der Waals surface area contributed by atoms with Crippen LogP contribution in [0.4, 0.5) is 9.18 Å². The van der Waals surface area contributed by atoms with E-state index in [1.165, 1.54) is 9.21 Å². The van der Waals surface area contributed by atoms with Crippen LogP contribution in [0.25, 0.3) is 0 Å². The molecule has 0 aromatic carbocycles. The third-order valence-corrected chi connectivity index (χ3v) is 12.3. The summed E-state index contributed by atoms with van der Waals surface area (Å²) in [4.78, 5) is 29.3. The lowest BCUT2D eigenvalue weighted by Gasteiger charge is -2.39. The number of nitrogens with zero attached hydrogens (tertiary/aromatic N) is 3. The number of ether oxygens (including phenoxy) is 3. The van der Waals surface area contributed by atoms with E-state index in [9.17, 15) is 27.5 Å². The average Bonchev–Trinajstić information content (AvgIpc) is 3.66. The van der Waals surface area contributed by atoms with Crippen LogP contribution in [-0.4, -0.2) is 127 Å². The lowest BCUT2D eigenvalue weighted by Crippen LogP contribution is -2.50. The lowest BCUT2D eigenvalue weighted by atomic mass is 9.70. The first-order valence-electron chi connectivity index (χ1n) is 15.3. The molecule has 2 amide bonds. The second-order valence-electron chi connectivity index (χ2n) is 13.9. The predicted molar refractivity (Wildman–Crippen MR) is 150 cm³/mol. The minimum Gasteiger partial charge on any atom is -0.444 e. The molecule has 2 saturated carbocycles. The molecule has 0 bridgehead atoms. The number of halogens is 1. The number of carbonyl (C=O) groups is 2. The first-order valence-corrected chi connectivity index (χ1v) is 16.8. The highest BCUT2D eigenvalue weighted by molar-refractivity contribution is 7.89. The van der Waals surface area contributed by atoms with Crippen LogP contribution < -0.4 is 0 Å². The molecule has 2 saturated heterocycles. The van der Waals surface area contributed by atoms with Crippen molar-refractivity contribution < 1.29 is 41.7 Å². The van der Waals surface area contributed by atoms with Crippen molar-refractivity contribution in [3.05, 3.63) is 11.1 Å². The van der Waals surface area contributed by atoms with Crippen molar-refractivity contribution in [2.75, 3.05) is 52.5 Å². The van der Waals surface area contributed by atoms with Crippen LogP contribution in [0.15, 0.2) is 11.1 Å². The molecule has 7 unspecified atom stereocenters. The highest BCUT2D eigenvalue weighted by Crippen LogP contribution is 2.44. The maximum atomic E-state index is 14.9. The summed E-state index contributed by atoms with van der Waals surface area (Å²) in [7, 11) is -3.54. The standard InChI is InChI=1S/C29H44FN3O8S/c1-29(2,3)41-28(36)32-15-21-20(5-6-23(30)22(21)16-32)26(34)27(35)31-11-17-13-33(14-18(17)12-31)42(37,38)19-4-7-24-25(10-19)40-9-8-39-24/h19-26,34H,4-16H2,1-3H3/t19?,20?,21?,22?,23?,24?,25?,26-/m0/s1. The van der Waals surface area contributed by atoms with Crippen LogP contribution in [0.1, 0.15) is 52.9 Å². The third kappa shape index (κ3) is 5.71. The molecule has 4 fully saturated rings. The number of hydrogen-bond donors (Lipinski definition) is 1. The summed E-state index contributed by atoms with van der Waals surface area (Å²) in [5.74, 6) is -1.66. The number of aliphatic hydroxyl groups excluding tert-OH is 1. The van der Waals surface area contributed by atoms with Gasteiger partial charge in [0.1, 0.15) is 17.9 Å². The van der Waals surface area contributed by atoms with Crippen molar-refractivity contribution in [3.8, 4) is 0 Å². The molecule has 1 N–H and O–H groups in total. The Kier molecular flexibility index (Phi) is 8.12. The van der Waals surface area contributed by atoms with Crippen molar-refractivity contribution in [2.24, 2.45) is 17.8 Å². The molecule has 13 heteroatoms. The molecular formula is C29H44FN3O8S. The Bertz CT molecular complexity index is 1200. The molecule has 8 atom stereocenters. The smallest absolute Gasteiger partial charge is 0.410 e. The van der Waals surface area contributed by atoms with E-state index in [0.29, 0.717) is 38.9 Å². The van der Waals surface area contributed by atoms with Gasteiger partial charge < -0.3 is 29.1 Å². The number of sulfonamides is 1. The maximum Gasteiger partial charge on any atom is 0.410 e. The molecule has 236 valence electrons. The number of amides is 2. The van der Waals surface area contributed by atoms with E-state index in [-0.39, 0.29) is 63.8 Å². The van der Waals surface area contributed by atoms with Crippen molar-refractivity contribution >= 4 is 22.0 Å². The number of rotatable bonds is 4. The zero-order chi connectivity index (χ0) is 30.0. The fourth-order valence-corrected chi connectivity index (χ4v) is 9.86. The SMILES string of the molecule is CC(C)(C)OC(=O)N1CC2C(F)CCC([C@H](O)C(=O)N3CC4=C(C3)CN(S(=O)(=O)C3CCC5OCCOC5C3)C4)C2C1. The minimum atomic E-state index is -3.54. The van der Waals surface area contributed by atoms with Crippen LogP contribution >= 0.6 is 0 Å². The van der Waals surface area contributed by atoms with Gasteiger partial charge in [-0.1, -0.05) is 0 Å². The van der Waals surface area contributed by atoms with Crippen molar-refractivity contribution in [1.82, 2.24) is 14.1 Å². The van der Waals surface area contributed by atoms with Gasteiger partial charge in [0.15, 0.2) is 0 Å². The second kappa shape index (κ2) is 11.3. The normalized spacial score (nSPS) is 36.5. The van der Waals surface area contributed by atoms with Crippen LogP contribution in [-0.2, 0) is 29.0 Å². The van der Waals surface area contributed by atoms with Gasteiger partial charge in [0, 0.05) is 45.2 Å². The van der Waals surface area contributed by atoms with Gasteiger partial charge in [-0.3, -0.25) is 4.79 Å². The fraction of sp³-hybridized carbons (Fsp3) is 0.862. The molecule has 6 rings (SSSR count). The Morgan fingerprint density at radius 2 is 1.57 bits per heavy atom. The highest BCUT2D eigenvalue weighted by atomic mass is 32.2. The topological polar surface area (TPSA) is 126 Å². The zero-order valence-electron chi connectivity index (χ0n) is 24.7. The van der Waals surface area contributed by atoms with E-state index < -0.39 is 57.0 Å². The molecule has 0 aromatic heterocycles. The zero-order valence-corrected chi connectivity index (χ0v) is 25.6. The van der Waals surface area contributed by atoms with Gasteiger partial charge in [-0.15, -0.1) is 0 Å². The number of alkyl halides is 1. The summed E-state index contributed by atoms with van der Waals surface area (Å²) >= 11 is 0. The molecule has 4 heterocycles. The minimum absolute atomic E-state index is 0.0299. The molecule has 4 aliphatic heterocycles. The number of likely N-dealkylation sites (tertiary alicyclic amines) is 1. The van der Waals surface area contributed by atoms with Crippen molar-refractivity contribution in [3.63, 3.8) is 0 Å². The number of hydrogen-bond acceptors (Lipinski definition) is 8. The molecule has 0 spiro atoms. The van der Waals surface area contributed by atoms with Gasteiger partial charge in [0.05, 0.1) is 30.7 Å². The van der Waals surface area contributed by atoms with Crippen molar-refractivity contribution in [2.45, 2.75) is 88.2 Å². The largest absolute Gasteiger partial charge is 0.444 e. The van der Waals surface area contributed by atoms with Crippen LogP contribution in [0, 0.1) is 17.8 Å². The van der Waals surface area contributed by atoms with Gasteiger partial charge >= 0.3 is 6.09 Å². The monoisotopic (exact) mass is 613 g/mol. The predicted octanol–water partition coefficient (Wildman–Crippen LogP) is 1.70. The molecule has 42 heavy (non-hydrogen) atoms. The summed E-state index contributed by atoms with van der Waals surface area (Å²) in [5, 5.41) is 10.8. The van der Waals surface area contributed by atoms with E-state index in [2.05, 4.69) is 0 Å². The number of aliphatic hydroxyl groups is 1. The highest BCUT2D eigenvalue weighted by Gasteiger charge is 2.52. The van der Waals surface area contributed by atoms with Gasteiger partial charge in [-0.2, -0.15) is 4.31 Å². The van der Waals surface area contributed by atoms with Crippen LogP contribution in [0.2, 0.25) is 0 Å². The fourth-order valence-electron chi connectivity index (χ4n) is 7.90. The molecule has 0 aromatic rings. The lowest BCUT2D eigenvalue weighted by molar-refractivity contribution is -0.153. The molecule has 11 nitrogen and oxygen atoms in total. The van der Waals surface area contributed by atoms with Crippen molar-refractivity contribution in [1.29, 1.82) is 0 Å². The Hall–Kier alpha value is -1.80. The second-order valence-corrected chi connectivity index (χ2v) is 16.1. The summed E-state index contributed by atoms with van der Waals surface area (Å²) in [5.41, 5.74) is 1.14. The number of fused-ring (bicyclic) bond motifs is 2. The van der Waals surface area contributed by atoms with E-state index in [4.69, 9.17) is 14.2 Å². The van der Waals surface area contributed by atoms with E-state index in [0.717, 1.165) is 11.1 Å². The summed E-state index contributed by atoms with van der Waals surface area (Å²) in [6, 6.07) is 0. The Labute approximate surface area is 247 Å². The van der Waals surface area contributed by atoms with Gasteiger partial charge in [-0.05, 0) is 75.9 Å². The maximum absolute atomic E-state index is 14.9. The Morgan fingerprint density at radius 1 is 0.929 bits per heavy atom. The van der Waals surface area contributed by atoms with E-state index in [1.807, 2.05) is 0 Å². The Morgan fingerprint density at radius 3 is 2.24 bits per heavy atom. The molecule has 0 radical (unpaired) electrons. The molecular weight excluding hydrogens is 569 g/mol. The average molecular weight is 614 g/mol. The Balaban J connectivity index is 1.05. The van der Waals surface area contributed by atoms with Gasteiger partial charge in [-0.25, -0.2) is 17.6 Å². The molecule has 2 aliphatic carbocycles. The van der Waals surface area contributed by atoms with Gasteiger partial charge in [0.2, 0.25) is 10.0 Å². The van der Waals surface area contributed by atoms with E-state index in [1.54, 1.807) is 25.7 Å². The summed E-state index contributed by atoms with van der Waals surface area (Å²) in [6.45, 7) is 7.89. The van der Waals surface area contributed by atoms with Gasteiger partial charge in [0.25, 0.3) is 5.91 Å². The molecule has 6 aliphatic rings. The summed E-state index contributed by atoms with van der Waals surface area (Å²) < 4.78 is 60.5. The summed E-state index contributed by atoms with van der Waals surface area (Å²) in [6.07, 6.45) is -0.894. The third-order valence-electron chi connectivity index (χ3n) is 10.0. The first kappa shape index (κ1) is 30.2. The first-order chi connectivity index (χ1) is 19.8. The quantitative estimate of drug-likeness (QED) is 0.475. The number of carbonyl (C=O) groups excluding carboxylic acids is 2.